The molecule has 1 aliphatic rings. The molecule has 3 rings (SSSR count). The monoisotopic (exact) mass is 448 g/mol. The molecular formula is C19H17IN2O3. The van der Waals surface area contributed by atoms with Crippen LogP contribution in [0.1, 0.15) is 18.9 Å². The maximum atomic E-state index is 12.8. The minimum absolute atomic E-state index is 0.0111. The minimum Gasteiger partial charge on any atom is -0.326 e. The van der Waals surface area contributed by atoms with E-state index in [1.165, 1.54) is 16.7 Å². The summed E-state index contributed by atoms with van der Waals surface area (Å²) < 4.78 is 1.02. The van der Waals surface area contributed by atoms with Gasteiger partial charge in [-0.2, -0.15) is 0 Å². The first-order valence-electron chi connectivity index (χ1n) is 7.91. The maximum absolute atomic E-state index is 12.8. The summed E-state index contributed by atoms with van der Waals surface area (Å²) in [5.41, 5.74) is 1.46. The first kappa shape index (κ1) is 17.6. The van der Waals surface area contributed by atoms with Gasteiger partial charge in [-0.1, -0.05) is 30.3 Å². The predicted octanol–water partition coefficient (Wildman–Crippen LogP) is 2.97. The highest BCUT2D eigenvalue weighted by atomic mass is 127. The summed E-state index contributed by atoms with van der Waals surface area (Å²) in [6.45, 7) is 1.73. The number of amides is 3. The van der Waals surface area contributed by atoms with Crippen molar-refractivity contribution in [2.24, 2.45) is 0 Å². The minimum atomic E-state index is -0.760. The molecule has 1 heterocycles. The molecule has 1 saturated heterocycles. The lowest BCUT2D eigenvalue weighted by Gasteiger charge is -2.26. The van der Waals surface area contributed by atoms with Gasteiger partial charge in [-0.3, -0.25) is 14.4 Å². The van der Waals surface area contributed by atoms with E-state index < -0.39 is 6.04 Å². The number of anilines is 1. The van der Waals surface area contributed by atoms with Crippen molar-refractivity contribution in [2.45, 2.75) is 25.9 Å². The van der Waals surface area contributed by atoms with E-state index in [4.69, 9.17) is 0 Å². The number of benzene rings is 2. The van der Waals surface area contributed by atoms with E-state index in [1.807, 2.05) is 42.5 Å². The molecule has 1 aliphatic heterocycles. The Balaban J connectivity index is 1.86. The number of carbonyl (C=O) groups excluding carboxylic acids is 3. The Labute approximate surface area is 159 Å². The molecule has 0 radical (unpaired) electrons. The Morgan fingerprint density at radius 2 is 1.76 bits per heavy atom. The van der Waals surface area contributed by atoms with Crippen LogP contribution in [0.25, 0.3) is 0 Å². The SMILES string of the molecule is CC(=O)N(Cc1ccccc1)C1CC(=O)N(c2ccc(I)cc2)C1=O. The molecule has 25 heavy (non-hydrogen) atoms. The van der Waals surface area contributed by atoms with E-state index >= 15 is 0 Å². The van der Waals surface area contributed by atoms with Gasteiger partial charge in [0.15, 0.2) is 0 Å². The molecule has 0 bridgehead atoms. The second-order valence-electron chi connectivity index (χ2n) is 5.90. The molecule has 5 nitrogen and oxygen atoms in total. The van der Waals surface area contributed by atoms with Crippen LogP contribution < -0.4 is 4.90 Å². The van der Waals surface area contributed by atoms with Gasteiger partial charge in [0.05, 0.1) is 12.1 Å². The van der Waals surface area contributed by atoms with Gasteiger partial charge in [0.2, 0.25) is 11.8 Å². The Kier molecular flexibility index (Phi) is 5.17. The zero-order valence-electron chi connectivity index (χ0n) is 13.7. The number of imide groups is 1. The maximum Gasteiger partial charge on any atom is 0.257 e. The summed E-state index contributed by atoms with van der Waals surface area (Å²) in [7, 11) is 0. The van der Waals surface area contributed by atoms with Gasteiger partial charge >= 0.3 is 0 Å². The van der Waals surface area contributed by atoms with Crippen molar-refractivity contribution in [3.8, 4) is 0 Å². The zero-order chi connectivity index (χ0) is 18.0. The van der Waals surface area contributed by atoms with Crippen molar-refractivity contribution in [1.29, 1.82) is 0 Å². The molecule has 1 atom stereocenters. The van der Waals surface area contributed by atoms with E-state index in [9.17, 15) is 14.4 Å². The first-order chi connectivity index (χ1) is 12.0. The topological polar surface area (TPSA) is 57.7 Å². The number of nitrogens with zero attached hydrogens (tertiary/aromatic N) is 2. The van der Waals surface area contributed by atoms with E-state index in [0.717, 1.165) is 9.13 Å². The first-order valence-corrected chi connectivity index (χ1v) is 8.99. The molecule has 3 amide bonds. The normalized spacial score (nSPS) is 17.0. The Hall–Kier alpha value is -2.22. The van der Waals surface area contributed by atoms with Crippen molar-refractivity contribution in [3.05, 3.63) is 63.7 Å². The van der Waals surface area contributed by atoms with Crippen LogP contribution in [0.15, 0.2) is 54.6 Å². The molecule has 0 saturated carbocycles. The lowest BCUT2D eigenvalue weighted by atomic mass is 10.1. The highest BCUT2D eigenvalue weighted by Gasteiger charge is 2.43. The molecule has 128 valence electrons. The van der Waals surface area contributed by atoms with Crippen LogP contribution in [0.4, 0.5) is 5.69 Å². The van der Waals surface area contributed by atoms with Gasteiger partial charge in [0.1, 0.15) is 6.04 Å². The van der Waals surface area contributed by atoms with E-state index in [2.05, 4.69) is 22.6 Å². The zero-order valence-corrected chi connectivity index (χ0v) is 15.8. The third kappa shape index (κ3) is 3.73. The fraction of sp³-hybridized carbons (Fsp3) is 0.211. The summed E-state index contributed by atoms with van der Waals surface area (Å²) in [5.74, 6) is -0.854. The predicted molar refractivity (Wildman–Crippen MR) is 103 cm³/mol. The molecule has 0 aliphatic carbocycles. The average Bonchev–Trinajstić information content (AvgIpc) is 2.89. The molecule has 1 fully saturated rings. The van der Waals surface area contributed by atoms with Gasteiger partial charge in [0, 0.05) is 17.0 Å². The number of hydrogen-bond acceptors (Lipinski definition) is 3. The second kappa shape index (κ2) is 7.35. The van der Waals surface area contributed by atoms with Crippen LogP contribution in [0.2, 0.25) is 0 Å². The molecule has 2 aromatic rings. The smallest absolute Gasteiger partial charge is 0.257 e. The molecule has 0 N–H and O–H groups in total. The molecule has 0 spiro atoms. The van der Waals surface area contributed by atoms with E-state index in [1.54, 1.807) is 12.1 Å². The number of halogens is 1. The van der Waals surface area contributed by atoms with Crippen molar-refractivity contribution < 1.29 is 14.4 Å². The number of hydrogen-bond donors (Lipinski definition) is 0. The summed E-state index contributed by atoms with van der Waals surface area (Å²) >= 11 is 2.16. The quantitative estimate of drug-likeness (QED) is 0.534. The van der Waals surface area contributed by atoms with E-state index in [-0.39, 0.29) is 24.1 Å². The van der Waals surface area contributed by atoms with Crippen molar-refractivity contribution >= 4 is 46.0 Å². The molecular weight excluding hydrogens is 431 g/mol. The lowest BCUT2D eigenvalue weighted by Crippen LogP contribution is -2.44. The highest BCUT2D eigenvalue weighted by molar-refractivity contribution is 14.1. The number of carbonyl (C=O) groups is 3. The van der Waals surface area contributed by atoms with E-state index in [0.29, 0.717) is 12.2 Å². The number of rotatable bonds is 4. The van der Waals surface area contributed by atoms with Crippen LogP contribution in [-0.2, 0) is 20.9 Å². The second-order valence-corrected chi connectivity index (χ2v) is 7.14. The van der Waals surface area contributed by atoms with Gasteiger partial charge in [-0.15, -0.1) is 0 Å². The summed E-state index contributed by atoms with van der Waals surface area (Å²) in [4.78, 5) is 40.0. The van der Waals surface area contributed by atoms with Crippen LogP contribution in [0.5, 0.6) is 0 Å². The molecule has 0 aromatic heterocycles. The van der Waals surface area contributed by atoms with Crippen molar-refractivity contribution in [3.63, 3.8) is 0 Å². The van der Waals surface area contributed by atoms with Crippen LogP contribution in [0, 0.1) is 3.57 Å². The van der Waals surface area contributed by atoms with Gasteiger partial charge in [-0.05, 0) is 52.4 Å². The van der Waals surface area contributed by atoms with Gasteiger partial charge < -0.3 is 4.90 Å². The Morgan fingerprint density at radius 1 is 1.12 bits per heavy atom. The largest absolute Gasteiger partial charge is 0.326 e. The van der Waals surface area contributed by atoms with Gasteiger partial charge in [0.25, 0.3) is 5.91 Å². The fourth-order valence-corrected chi connectivity index (χ4v) is 3.30. The van der Waals surface area contributed by atoms with Gasteiger partial charge in [-0.25, -0.2) is 4.90 Å². The standard InChI is InChI=1S/C19H17IN2O3/c1-13(23)21(12-14-5-3-2-4-6-14)17-11-18(24)22(19(17)25)16-9-7-15(20)8-10-16/h2-10,17H,11-12H2,1H3. The molecule has 2 aromatic carbocycles. The summed E-state index contributed by atoms with van der Waals surface area (Å²) in [5, 5.41) is 0. The van der Waals surface area contributed by atoms with Crippen molar-refractivity contribution in [1.82, 2.24) is 4.90 Å². The summed E-state index contributed by atoms with van der Waals surface area (Å²) in [6.07, 6.45) is 0.0111. The van der Waals surface area contributed by atoms with Crippen LogP contribution >= 0.6 is 22.6 Å². The Morgan fingerprint density at radius 3 is 2.36 bits per heavy atom. The van der Waals surface area contributed by atoms with Crippen molar-refractivity contribution in [2.75, 3.05) is 4.90 Å². The highest BCUT2D eigenvalue weighted by Crippen LogP contribution is 2.27. The third-order valence-corrected chi connectivity index (χ3v) is 4.90. The summed E-state index contributed by atoms with van der Waals surface area (Å²) in [6, 6.07) is 15.9. The van der Waals surface area contributed by atoms with Crippen LogP contribution in [0.3, 0.4) is 0 Å². The molecule has 1 unspecified atom stereocenters. The molecule has 6 heteroatoms. The van der Waals surface area contributed by atoms with Crippen LogP contribution in [-0.4, -0.2) is 28.7 Å². The third-order valence-electron chi connectivity index (χ3n) is 4.18. The Bertz CT molecular complexity index is 805. The fourth-order valence-electron chi connectivity index (χ4n) is 2.94. The lowest BCUT2D eigenvalue weighted by molar-refractivity contribution is -0.137. The average molecular weight is 448 g/mol.